The van der Waals surface area contributed by atoms with E-state index in [1.807, 2.05) is 62.4 Å². The largest absolute Gasteiger partial charge is 0.485 e. The Hall–Kier alpha value is -2.91. The van der Waals surface area contributed by atoms with Crippen LogP contribution in [-0.4, -0.2) is 11.3 Å². The summed E-state index contributed by atoms with van der Waals surface area (Å²) in [6.07, 6.45) is -0.0169. The van der Waals surface area contributed by atoms with Crippen LogP contribution >= 0.6 is 7.14 Å². The number of nitro groups is 1. The van der Waals surface area contributed by atoms with E-state index < -0.39 is 12.1 Å². The standard InChI is InChI=1S/C21H20NO4P/c1-16-3-11-20(12-4-16)27(25,21-13-5-17(2)6-14-21)15-26-19-9-7-18(8-10-19)22(23)24/h3-14H,15H2,1-2H3. The molecule has 0 unspecified atom stereocenters. The van der Waals surface area contributed by atoms with Crippen molar-refractivity contribution in [2.75, 3.05) is 6.35 Å². The zero-order chi connectivity index (χ0) is 19.4. The van der Waals surface area contributed by atoms with E-state index in [4.69, 9.17) is 4.74 Å². The molecule has 0 radical (unpaired) electrons. The van der Waals surface area contributed by atoms with Crippen molar-refractivity contribution in [3.05, 3.63) is 94.0 Å². The highest BCUT2D eigenvalue weighted by molar-refractivity contribution is 7.78. The number of nitrogens with zero attached hydrogens (tertiary/aromatic N) is 1. The van der Waals surface area contributed by atoms with Crippen LogP contribution in [0.3, 0.4) is 0 Å². The van der Waals surface area contributed by atoms with Gasteiger partial charge >= 0.3 is 0 Å². The van der Waals surface area contributed by atoms with Gasteiger partial charge in [-0.3, -0.25) is 10.1 Å². The molecule has 3 aromatic carbocycles. The van der Waals surface area contributed by atoms with Gasteiger partial charge in [-0.15, -0.1) is 0 Å². The van der Waals surface area contributed by atoms with E-state index in [-0.39, 0.29) is 12.0 Å². The maximum absolute atomic E-state index is 14.0. The summed E-state index contributed by atoms with van der Waals surface area (Å²) in [7, 11) is -3.02. The molecule has 0 atom stereocenters. The second kappa shape index (κ2) is 7.77. The van der Waals surface area contributed by atoms with Crippen molar-refractivity contribution in [1.29, 1.82) is 0 Å². The average Bonchev–Trinajstić information content (AvgIpc) is 2.67. The molecule has 6 heteroatoms. The van der Waals surface area contributed by atoms with Crippen LogP contribution in [0, 0.1) is 24.0 Å². The third kappa shape index (κ3) is 4.26. The predicted molar refractivity (Wildman–Crippen MR) is 108 cm³/mol. The normalized spacial score (nSPS) is 11.2. The Morgan fingerprint density at radius 2 is 1.26 bits per heavy atom. The van der Waals surface area contributed by atoms with E-state index in [0.29, 0.717) is 5.75 Å². The second-order valence-electron chi connectivity index (χ2n) is 6.44. The van der Waals surface area contributed by atoms with Gasteiger partial charge < -0.3 is 9.30 Å². The SMILES string of the molecule is Cc1ccc(P(=O)(COc2ccc([N+](=O)[O-])cc2)c2ccc(C)cc2)cc1. The van der Waals surface area contributed by atoms with Crippen molar-refractivity contribution >= 4 is 23.4 Å². The number of hydrogen-bond donors (Lipinski definition) is 0. The summed E-state index contributed by atoms with van der Waals surface area (Å²) in [4.78, 5) is 10.3. The summed E-state index contributed by atoms with van der Waals surface area (Å²) in [5.41, 5.74) is 2.17. The topological polar surface area (TPSA) is 69.4 Å². The molecule has 3 rings (SSSR count). The highest BCUT2D eigenvalue weighted by Crippen LogP contribution is 2.43. The Balaban J connectivity index is 1.92. The number of non-ortho nitro benzene ring substituents is 1. The van der Waals surface area contributed by atoms with E-state index in [1.165, 1.54) is 24.3 Å². The fourth-order valence-corrected chi connectivity index (χ4v) is 4.89. The lowest BCUT2D eigenvalue weighted by molar-refractivity contribution is -0.384. The monoisotopic (exact) mass is 381 g/mol. The van der Waals surface area contributed by atoms with Crippen molar-refractivity contribution in [3.63, 3.8) is 0 Å². The molecule has 0 saturated heterocycles. The summed E-state index contributed by atoms with van der Waals surface area (Å²) in [6.45, 7) is 3.96. The van der Waals surface area contributed by atoms with Gasteiger partial charge in [0.25, 0.3) is 5.69 Å². The summed E-state index contributed by atoms with van der Waals surface area (Å²) in [5, 5.41) is 12.2. The van der Waals surface area contributed by atoms with Crippen molar-refractivity contribution in [2.24, 2.45) is 0 Å². The fraction of sp³-hybridized carbons (Fsp3) is 0.143. The summed E-state index contributed by atoms with van der Waals surface area (Å²) >= 11 is 0. The van der Waals surface area contributed by atoms with Gasteiger partial charge in [-0.2, -0.15) is 0 Å². The fourth-order valence-electron chi connectivity index (χ4n) is 2.70. The van der Waals surface area contributed by atoms with Crippen molar-refractivity contribution in [3.8, 4) is 5.75 Å². The van der Waals surface area contributed by atoms with Gasteiger partial charge in [0.05, 0.1) is 4.92 Å². The Labute approximate surface area is 158 Å². The molecule has 0 spiro atoms. The third-order valence-electron chi connectivity index (χ3n) is 4.36. The number of rotatable bonds is 6. The molecule has 0 heterocycles. The molecule has 0 aromatic heterocycles. The summed E-state index contributed by atoms with van der Waals surface area (Å²) in [6, 6.07) is 21.0. The van der Waals surface area contributed by atoms with Gasteiger partial charge in [0.2, 0.25) is 0 Å². The lowest BCUT2D eigenvalue weighted by Gasteiger charge is -2.20. The van der Waals surface area contributed by atoms with E-state index in [0.717, 1.165) is 21.7 Å². The number of aryl methyl sites for hydroxylation is 2. The molecule has 0 amide bonds. The highest BCUT2D eigenvalue weighted by Gasteiger charge is 2.28. The van der Waals surface area contributed by atoms with Crippen LogP contribution in [0.2, 0.25) is 0 Å². The lowest BCUT2D eigenvalue weighted by Crippen LogP contribution is -2.21. The van der Waals surface area contributed by atoms with Crippen molar-refractivity contribution < 1.29 is 14.2 Å². The van der Waals surface area contributed by atoms with E-state index in [9.17, 15) is 14.7 Å². The minimum atomic E-state index is -3.02. The first-order valence-electron chi connectivity index (χ1n) is 8.49. The number of nitro benzene ring substituents is 1. The van der Waals surface area contributed by atoms with Gasteiger partial charge in [-0.25, -0.2) is 0 Å². The first-order chi connectivity index (χ1) is 12.9. The van der Waals surface area contributed by atoms with Crippen LogP contribution in [0.5, 0.6) is 5.75 Å². The molecular weight excluding hydrogens is 361 g/mol. The lowest BCUT2D eigenvalue weighted by atomic mass is 10.2. The molecule has 5 nitrogen and oxygen atoms in total. The number of benzene rings is 3. The first-order valence-corrected chi connectivity index (χ1v) is 10.4. The Morgan fingerprint density at radius 3 is 1.67 bits per heavy atom. The van der Waals surface area contributed by atoms with Crippen LogP contribution in [0.25, 0.3) is 0 Å². The first kappa shape index (κ1) is 18.9. The quantitative estimate of drug-likeness (QED) is 0.357. The van der Waals surface area contributed by atoms with Gasteiger partial charge in [-0.05, 0) is 26.0 Å². The molecule has 27 heavy (non-hydrogen) atoms. The van der Waals surface area contributed by atoms with Crippen molar-refractivity contribution in [1.82, 2.24) is 0 Å². The van der Waals surface area contributed by atoms with Gasteiger partial charge in [0, 0.05) is 22.7 Å². The van der Waals surface area contributed by atoms with E-state index in [2.05, 4.69) is 0 Å². The molecule has 0 N–H and O–H groups in total. The van der Waals surface area contributed by atoms with Gasteiger partial charge in [0.15, 0.2) is 7.14 Å². The third-order valence-corrected chi connectivity index (χ3v) is 7.12. The molecule has 0 bridgehead atoms. The zero-order valence-electron chi connectivity index (χ0n) is 15.2. The minimum absolute atomic E-state index is 0.0115. The van der Waals surface area contributed by atoms with E-state index in [1.54, 1.807) is 0 Å². The molecular formula is C21H20NO4P. The number of hydrogen-bond acceptors (Lipinski definition) is 4. The van der Waals surface area contributed by atoms with Crippen LogP contribution < -0.4 is 15.3 Å². The zero-order valence-corrected chi connectivity index (χ0v) is 16.1. The molecule has 0 saturated carbocycles. The highest BCUT2D eigenvalue weighted by atomic mass is 31.2. The predicted octanol–water partition coefficient (Wildman–Crippen LogP) is 4.56. The van der Waals surface area contributed by atoms with Crippen molar-refractivity contribution in [2.45, 2.75) is 13.8 Å². The number of ether oxygens (including phenoxy) is 1. The van der Waals surface area contributed by atoms with Crippen LogP contribution in [-0.2, 0) is 4.57 Å². The molecule has 3 aromatic rings. The molecule has 138 valence electrons. The Kier molecular flexibility index (Phi) is 5.43. The second-order valence-corrected chi connectivity index (χ2v) is 9.21. The average molecular weight is 381 g/mol. The van der Waals surface area contributed by atoms with Gasteiger partial charge in [-0.1, -0.05) is 59.7 Å². The molecule has 0 aliphatic heterocycles. The Morgan fingerprint density at radius 1 is 0.815 bits per heavy atom. The van der Waals surface area contributed by atoms with Crippen LogP contribution in [0.4, 0.5) is 5.69 Å². The molecule has 0 aliphatic rings. The smallest absolute Gasteiger partial charge is 0.269 e. The van der Waals surface area contributed by atoms with E-state index >= 15 is 0 Å². The maximum atomic E-state index is 14.0. The molecule has 0 fully saturated rings. The summed E-state index contributed by atoms with van der Waals surface area (Å²) < 4.78 is 19.7. The maximum Gasteiger partial charge on any atom is 0.269 e. The minimum Gasteiger partial charge on any atom is -0.485 e. The van der Waals surface area contributed by atoms with Crippen LogP contribution in [0.15, 0.2) is 72.8 Å². The molecule has 0 aliphatic carbocycles. The van der Waals surface area contributed by atoms with Crippen LogP contribution in [0.1, 0.15) is 11.1 Å². The van der Waals surface area contributed by atoms with Gasteiger partial charge in [0.1, 0.15) is 12.1 Å². The summed E-state index contributed by atoms with van der Waals surface area (Å²) in [5.74, 6) is 0.444. The Bertz CT molecular complexity index is 931.